The monoisotopic (exact) mass is 315 g/mol. The van der Waals surface area contributed by atoms with Crippen molar-refractivity contribution in [1.29, 1.82) is 0 Å². The van der Waals surface area contributed by atoms with E-state index in [0.717, 1.165) is 43.4 Å². The van der Waals surface area contributed by atoms with Crippen LogP contribution >= 0.6 is 15.9 Å². The van der Waals surface area contributed by atoms with Gasteiger partial charge < -0.3 is 4.90 Å². The van der Waals surface area contributed by atoms with Crippen molar-refractivity contribution in [2.24, 2.45) is 0 Å². The predicted octanol–water partition coefficient (Wildman–Crippen LogP) is 2.85. The van der Waals surface area contributed by atoms with Crippen LogP contribution in [0.4, 0.5) is 0 Å². The zero-order valence-corrected chi connectivity index (χ0v) is 13.0. The van der Waals surface area contributed by atoms with E-state index >= 15 is 0 Å². The van der Waals surface area contributed by atoms with Crippen LogP contribution in [0.3, 0.4) is 0 Å². The number of carbonyl (C=O) groups excluding carboxylic acids is 1. The first-order valence-corrected chi connectivity index (χ1v) is 7.58. The van der Waals surface area contributed by atoms with Crippen LogP contribution in [0.25, 0.3) is 0 Å². The maximum absolute atomic E-state index is 12.3. The Hall–Kier alpha value is -0.840. The van der Waals surface area contributed by atoms with Crippen LogP contribution in [0.2, 0.25) is 0 Å². The Labute approximate surface area is 117 Å². The third-order valence-electron chi connectivity index (χ3n) is 2.89. The molecule has 1 rings (SSSR count). The molecule has 5 heteroatoms. The number of aromatic nitrogens is 2. The molecule has 18 heavy (non-hydrogen) atoms. The number of hydrogen-bond acceptors (Lipinski definition) is 2. The molecular weight excluding hydrogens is 294 g/mol. The molecule has 0 radical (unpaired) electrons. The zero-order valence-electron chi connectivity index (χ0n) is 11.4. The molecule has 0 saturated carbocycles. The molecule has 0 saturated heterocycles. The second kappa shape index (κ2) is 7.56. The van der Waals surface area contributed by atoms with Crippen LogP contribution in [-0.2, 0) is 6.54 Å². The number of hydrogen-bond donors (Lipinski definition) is 0. The topological polar surface area (TPSA) is 38.1 Å². The van der Waals surface area contributed by atoms with Crippen LogP contribution in [-0.4, -0.2) is 39.5 Å². The minimum absolute atomic E-state index is 0.0660. The highest BCUT2D eigenvalue weighted by Gasteiger charge is 2.16. The molecule has 0 fully saturated rings. The summed E-state index contributed by atoms with van der Waals surface area (Å²) in [7, 11) is 1.86. The smallest absolute Gasteiger partial charge is 0.271 e. The second-order valence-corrected chi connectivity index (χ2v) is 5.26. The number of aryl methyl sites for hydroxylation is 2. The first kappa shape index (κ1) is 15.2. The van der Waals surface area contributed by atoms with Gasteiger partial charge in [0.1, 0.15) is 5.69 Å². The van der Waals surface area contributed by atoms with Crippen molar-refractivity contribution in [2.45, 2.75) is 39.7 Å². The van der Waals surface area contributed by atoms with Crippen molar-refractivity contribution >= 4 is 21.8 Å². The van der Waals surface area contributed by atoms with Crippen LogP contribution in [0.5, 0.6) is 0 Å². The number of amides is 1. The van der Waals surface area contributed by atoms with Gasteiger partial charge in [-0.15, -0.1) is 0 Å². The molecular formula is C13H22BrN3O. The summed E-state index contributed by atoms with van der Waals surface area (Å²) in [5.74, 6) is 0.0660. The summed E-state index contributed by atoms with van der Waals surface area (Å²) in [6.45, 7) is 5.45. The normalized spacial score (nSPS) is 10.7. The molecule has 0 bridgehead atoms. The van der Waals surface area contributed by atoms with Gasteiger partial charge >= 0.3 is 0 Å². The molecule has 1 amide bonds. The van der Waals surface area contributed by atoms with Gasteiger partial charge in [-0.1, -0.05) is 22.4 Å². The summed E-state index contributed by atoms with van der Waals surface area (Å²) in [5, 5.41) is 5.34. The summed E-state index contributed by atoms with van der Waals surface area (Å²) >= 11 is 3.41. The number of nitrogens with zero attached hydrogens (tertiary/aromatic N) is 3. The summed E-state index contributed by atoms with van der Waals surface area (Å²) in [4.78, 5) is 14.0. The molecule has 0 aromatic carbocycles. The molecule has 4 nitrogen and oxygen atoms in total. The summed E-state index contributed by atoms with van der Waals surface area (Å²) < 4.78 is 1.77. The number of alkyl halides is 1. The molecule has 102 valence electrons. The molecule has 0 spiro atoms. The fourth-order valence-electron chi connectivity index (χ4n) is 1.88. The van der Waals surface area contributed by atoms with Gasteiger partial charge in [-0.25, -0.2) is 0 Å². The largest absolute Gasteiger partial charge is 0.340 e. The molecule has 0 aliphatic heterocycles. The average Bonchev–Trinajstić information content (AvgIpc) is 2.74. The van der Waals surface area contributed by atoms with E-state index in [1.54, 1.807) is 9.58 Å². The first-order valence-electron chi connectivity index (χ1n) is 6.46. The van der Waals surface area contributed by atoms with E-state index in [9.17, 15) is 4.79 Å². The third kappa shape index (κ3) is 4.12. The summed E-state index contributed by atoms with van der Waals surface area (Å²) in [5.41, 5.74) is 1.59. The van der Waals surface area contributed by atoms with Gasteiger partial charge in [0.15, 0.2) is 0 Å². The maximum atomic E-state index is 12.3. The lowest BCUT2D eigenvalue weighted by atomic mass is 10.2. The van der Waals surface area contributed by atoms with Gasteiger partial charge in [-0.3, -0.25) is 9.48 Å². The highest BCUT2D eigenvalue weighted by molar-refractivity contribution is 9.09. The first-order chi connectivity index (χ1) is 8.60. The van der Waals surface area contributed by atoms with Gasteiger partial charge in [0.25, 0.3) is 5.91 Å². The van der Waals surface area contributed by atoms with Crippen LogP contribution < -0.4 is 0 Å². The molecule has 1 aromatic rings. The van der Waals surface area contributed by atoms with E-state index in [4.69, 9.17) is 0 Å². The second-order valence-electron chi connectivity index (χ2n) is 4.46. The Morgan fingerprint density at radius 1 is 1.44 bits per heavy atom. The quantitative estimate of drug-likeness (QED) is 0.573. The van der Waals surface area contributed by atoms with Gasteiger partial charge in [0.05, 0.1) is 5.69 Å². The standard InChI is InChI=1S/C13H22BrN3O/c1-4-17-12(10-11(2)15-17)13(18)16(3)9-7-5-6-8-14/h10H,4-9H2,1-3H3. The van der Waals surface area contributed by atoms with E-state index in [1.807, 2.05) is 27.0 Å². The number of unbranched alkanes of at least 4 members (excludes halogenated alkanes) is 2. The van der Waals surface area contributed by atoms with Crippen molar-refractivity contribution in [3.05, 3.63) is 17.5 Å². The van der Waals surface area contributed by atoms with E-state index < -0.39 is 0 Å². The summed E-state index contributed by atoms with van der Waals surface area (Å²) in [6.07, 6.45) is 3.36. The Balaban J connectivity index is 2.57. The van der Waals surface area contributed by atoms with Gasteiger partial charge in [-0.05, 0) is 32.8 Å². The third-order valence-corrected chi connectivity index (χ3v) is 3.46. The fraction of sp³-hybridized carbons (Fsp3) is 0.692. The Kier molecular flexibility index (Phi) is 6.39. The average molecular weight is 316 g/mol. The van der Waals surface area contributed by atoms with Gasteiger partial charge in [0, 0.05) is 25.5 Å². The lowest BCUT2D eigenvalue weighted by molar-refractivity contribution is 0.0780. The van der Waals surface area contributed by atoms with Gasteiger partial charge in [-0.2, -0.15) is 5.10 Å². The number of carbonyl (C=O) groups is 1. The van der Waals surface area contributed by atoms with Crippen LogP contribution in [0.15, 0.2) is 6.07 Å². The Bertz CT molecular complexity index is 390. The summed E-state index contributed by atoms with van der Waals surface area (Å²) in [6, 6.07) is 1.86. The molecule has 0 unspecified atom stereocenters. The highest BCUT2D eigenvalue weighted by Crippen LogP contribution is 2.08. The maximum Gasteiger partial charge on any atom is 0.271 e. The molecule has 1 aromatic heterocycles. The van der Waals surface area contributed by atoms with E-state index in [2.05, 4.69) is 21.0 Å². The number of halogens is 1. The molecule has 0 aliphatic rings. The molecule has 0 aliphatic carbocycles. The zero-order chi connectivity index (χ0) is 13.5. The van der Waals surface area contributed by atoms with E-state index in [-0.39, 0.29) is 5.91 Å². The van der Waals surface area contributed by atoms with Crippen molar-refractivity contribution in [3.63, 3.8) is 0 Å². The van der Waals surface area contributed by atoms with Crippen molar-refractivity contribution in [1.82, 2.24) is 14.7 Å². The SMILES string of the molecule is CCn1nc(C)cc1C(=O)N(C)CCCCCBr. The Morgan fingerprint density at radius 2 is 2.17 bits per heavy atom. The van der Waals surface area contributed by atoms with E-state index in [1.165, 1.54) is 0 Å². The highest BCUT2D eigenvalue weighted by atomic mass is 79.9. The van der Waals surface area contributed by atoms with Crippen molar-refractivity contribution < 1.29 is 4.79 Å². The molecule has 1 heterocycles. The Morgan fingerprint density at radius 3 is 2.78 bits per heavy atom. The van der Waals surface area contributed by atoms with Crippen molar-refractivity contribution in [3.8, 4) is 0 Å². The predicted molar refractivity (Wildman–Crippen MR) is 77.2 cm³/mol. The number of rotatable bonds is 7. The lowest BCUT2D eigenvalue weighted by Crippen LogP contribution is -2.29. The van der Waals surface area contributed by atoms with Crippen LogP contribution in [0.1, 0.15) is 42.4 Å². The van der Waals surface area contributed by atoms with E-state index in [0.29, 0.717) is 5.69 Å². The minimum atomic E-state index is 0.0660. The lowest BCUT2D eigenvalue weighted by Gasteiger charge is -2.17. The fourth-order valence-corrected chi connectivity index (χ4v) is 2.27. The van der Waals surface area contributed by atoms with Crippen LogP contribution in [0, 0.1) is 6.92 Å². The molecule has 0 atom stereocenters. The minimum Gasteiger partial charge on any atom is -0.340 e. The van der Waals surface area contributed by atoms with Gasteiger partial charge in [0.2, 0.25) is 0 Å². The molecule has 0 N–H and O–H groups in total. The van der Waals surface area contributed by atoms with Crippen molar-refractivity contribution in [2.75, 3.05) is 18.9 Å².